The molecule has 0 bridgehead atoms. The lowest BCUT2D eigenvalue weighted by molar-refractivity contribution is -0.161. The van der Waals surface area contributed by atoms with Gasteiger partial charge in [0.2, 0.25) is 0 Å². The summed E-state index contributed by atoms with van der Waals surface area (Å²) in [6.07, 6.45) is 72.3. The van der Waals surface area contributed by atoms with Crippen LogP contribution in [0.15, 0.2) is 48.6 Å². The summed E-state index contributed by atoms with van der Waals surface area (Å²) >= 11 is 0. The van der Waals surface area contributed by atoms with Crippen molar-refractivity contribution in [1.29, 1.82) is 0 Å². The van der Waals surface area contributed by atoms with Gasteiger partial charge in [-0.2, -0.15) is 0 Å². The van der Waals surface area contributed by atoms with Crippen LogP contribution in [0.3, 0.4) is 0 Å². The molecule has 100 heavy (non-hydrogen) atoms. The molecule has 0 heterocycles. The van der Waals surface area contributed by atoms with Gasteiger partial charge in [0, 0.05) is 25.7 Å². The van der Waals surface area contributed by atoms with E-state index in [1.54, 1.807) is 0 Å². The summed E-state index contributed by atoms with van der Waals surface area (Å²) in [5.74, 6) is -2.19. The molecule has 17 nitrogen and oxygen atoms in total. The smallest absolute Gasteiger partial charge is 0.462 e. The van der Waals surface area contributed by atoms with Gasteiger partial charge in [-0.1, -0.05) is 346 Å². The Kier molecular flexibility index (Phi) is 72.1. The fraction of sp³-hybridized carbons (Fsp3) is 0.852. The number of aliphatic hydroxyl groups excluding tert-OH is 1. The molecule has 3 N–H and O–H groups in total. The van der Waals surface area contributed by atoms with E-state index in [0.29, 0.717) is 32.1 Å². The number of hydrogen-bond donors (Lipinski definition) is 3. The molecule has 0 spiro atoms. The van der Waals surface area contributed by atoms with E-state index in [-0.39, 0.29) is 25.7 Å². The summed E-state index contributed by atoms with van der Waals surface area (Å²) in [7, 11) is -9.94. The molecule has 0 fully saturated rings. The number of rotatable bonds is 78. The second kappa shape index (κ2) is 74.3. The first-order valence-electron chi connectivity index (χ1n) is 40.9. The second-order valence-corrected chi connectivity index (χ2v) is 30.6. The molecule has 0 saturated heterocycles. The maximum absolute atomic E-state index is 13.1. The predicted octanol–water partition coefficient (Wildman–Crippen LogP) is 23.7. The molecule has 0 aliphatic rings. The van der Waals surface area contributed by atoms with Gasteiger partial charge in [-0.3, -0.25) is 37.3 Å². The minimum Gasteiger partial charge on any atom is -0.462 e. The minimum atomic E-state index is -4.98. The van der Waals surface area contributed by atoms with Crippen LogP contribution >= 0.6 is 15.6 Å². The molecule has 19 heteroatoms. The first-order chi connectivity index (χ1) is 48.7. The van der Waals surface area contributed by atoms with Crippen molar-refractivity contribution >= 4 is 39.5 Å². The largest absolute Gasteiger partial charge is 0.472 e. The van der Waals surface area contributed by atoms with Crippen LogP contribution in [0.2, 0.25) is 0 Å². The number of unbranched alkanes of at least 4 members (excludes halogenated alkanes) is 44. The molecular formula is C81H150O17P2. The third-order valence-corrected chi connectivity index (χ3v) is 19.7. The minimum absolute atomic E-state index is 0.0909. The first kappa shape index (κ1) is 97.0. The van der Waals surface area contributed by atoms with Gasteiger partial charge in [-0.05, 0) is 64.2 Å². The molecule has 0 aromatic rings. The Morgan fingerprint density at radius 2 is 0.500 bits per heavy atom. The summed E-state index contributed by atoms with van der Waals surface area (Å²) < 4.78 is 68.6. The average Bonchev–Trinajstić information content (AvgIpc) is 1.93. The van der Waals surface area contributed by atoms with E-state index in [1.165, 1.54) is 205 Å². The zero-order chi connectivity index (χ0) is 73.2. The number of carbonyl (C=O) groups is 4. The standard InChI is InChI=1S/C81H150O17P2/c1-5-9-13-17-21-25-29-33-35-37-39-43-46-50-54-58-62-66-79(84)92-72-76(97-80(85)67-63-59-55-51-47-42-32-28-24-20-16-12-8-4)73-95-99(87,88)93-69-75(82)70-94-100(89,90)96-74-77(71-91-78(83)65-61-57-53-49-45-41-31-27-23-19-15-11-7-3)98-81(86)68-64-60-56-52-48-44-40-38-36-34-30-26-22-18-14-10-6-2/h21,25,33,35,39,43,50,54,75-77,82H,5-20,22-24,26-32,34,36-38,40-42,44-49,51-53,55-74H2,1-4H3,(H,87,88)(H,89,90)/b25-21-,35-33-,43-39-,54-50-/t75-,76+,77+/m0/s1. The summed E-state index contributed by atoms with van der Waals surface area (Å²) in [4.78, 5) is 73.0. The highest BCUT2D eigenvalue weighted by atomic mass is 31.2. The Bertz CT molecular complexity index is 2080. The van der Waals surface area contributed by atoms with Crippen molar-refractivity contribution in [3.63, 3.8) is 0 Å². The zero-order valence-electron chi connectivity index (χ0n) is 64.1. The maximum atomic E-state index is 13.1. The van der Waals surface area contributed by atoms with Crippen molar-refractivity contribution in [1.82, 2.24) is 0 Å². The van der Waals surface area contributed by atoms with Crippen molar-refractivity contribution in [2.45, 2.75) is 406 Å². The second-order valence-electron chi connectivity index (χ2n) is 27.7. The average molecular weight is 1460 g/mol. The van der Waals surface area contributed by atoms with Crippen LogP contribution in [-0.2, 0) is 65.4 Å². The molecule has 586 valence electrons. The number of aliphatic hydroxyl groups is 1. The van der Waals surface area contributed by atoms with Gasteiger partial charge in [0.1, 0.15) is 19.3 Å². The molecule has 0 rings (SSSR count). The SMILES string of the molecule is CCCCC/C=C\C/C=C\C/C=C\C/C=C\CCCC(=O)OC[C@H](COP(=O)(O)OC[C@H](O)COP(=O)(O)OC[C@@H](COC(=O)CCCCCCCCCCCCCCC)OC(=O)CCCCCCCCCCCCCCCCCCC)OC(=O)CCCCCCCCCCCCCCC. The van der Waals surface area contributed by atoms with Gasteiger partial charge in [0.25, 0.3) is 0 Å². The van der Waals surface area contributed by atoms with Crippen LogP contribution in [0.1, 0.15) is 387 Å². The highest BCUT2D eigenvalue weighted by molar-refractivity contribution is 7.47. The normalized spacial score (nSPS) is 14.1. The fourth-order valence-corrected chi connectivity index (χ4v) is 13.1. The van der Waals surface area contributed by atoms with Gasteiger partial charge in [-0.15, -0.1) is 0 Å². The lowest BCUT2D eigenvalue weighted by atomic mass is 10.0. The highest BCUT2D eigenvalue weighted by Crippen LogP contribution is 2.45. The number of phosphoric acid groups is 2. The van der Waals surface area contributed by atoms with Gasteiger partial charge < -0.3 is 33.8 Å². The molecule has 0 saturated carbocycles. The van der Waals surface area contributed by atoms with E-state index < -0.39 is 97.5 Å². The fourth-order valence-electron chi connectivity index (χ4n) is 11.6. The third kappa shape index (κ3) is 73.3. The molecule has 5 atom stereocenters. The number of ether oxygens (including phenoxy) is 4. The first-order valence-corrected chi connectivity index (χ1v) is 43.9. The van der Waals surface area contributed by atoms with Crippen LogP contribution in [0.4, 0.5) is 0 Å². The zero-order valence-corrected chi connectivity index (χ0v) is 65.9. The third-order valence-electron chi connectivity index (χ3n) is 17.8. The van der Waals surface area contributed by atoms with E-state index >= 15 is 0 Å². The quantitative estimate of drug-likeness (QED) is 0.0169. The summed E-state index contributed by atoms with van der Waals surface area (Å²) in [5.41, 5.74) is 0. The predicted molar refractivity (Wildman–Crippen MR) is 409 cm³/mol. The number of carbonyl (C=O) groups excluding carboxylic acids is 4. The Hall–Kier alpha value is -2.98. The van der Waals surface area contributed by atoms with Crippen molar-refractivity contribution in [3.8, 4) is 0 Å². The molecule has 2 unspecified atom stereocenters. The summed E-state index contributed by atoms with van der Waals surface area (Å²) in [6, 6.07) is 0. The molecular weight excluding hydrogens is 1310 g/mol. The summed E-state index contributed by atoms with van der Waals surface area (Å²) in [6.45, 7) is 4.89. The topological polar surface area (TPSA) is 237 Å². The van der Waals surface area contributed by atoms with E-state index in [4.69, 9.17) is 37.0 Å². The molecule has 0 aromatic carbocycles. The summed E-state index contributed by atoms with van der Waals surface area (Å²) in [5, 5.41) is 10.6. The molecule has 0 aliphatic heterocycles. The van der Waals surface area contributed by atoms with Gasteiger partial charge in [-0.25, -0.2) is 9.13 Å². The van der Waals surface area contributed by atoms with Crippen LogP contribution in [0.25, 0.3) is 0 Å². The number of esters is 4. The number of allylic oxidation sites excluding steroid dienone is 8. The van der Waals surface area contributed by atoms with E-state index in [2.05, 4.69) is 64.2 Å². The van der Waals surface area contributed by atoms with Crippen molar-refractivity contribution in [2.24, 2.45) is 0 Å². The van der Waals surface area contributed by atoms with Crippen LogP contribution in [0.5, 0.6) is 0 Å². The van der Waals surface area contributed by atoms with Gasteiger partial charge in [0.15, 0.2) is 12.2 Å². The monoisotopic (exact) mass is 1460 g/mol. The lowest BCUT2D eigenvalue weighted by Gasteiger charge is -2.21. The Morgan fingerprint density at radius 1 is 0.280 bits per heavy atom. The Balaban J connectivity index is 5.33. The lowest BCUT2D eigenvalue weighted by Crippen LogP contribution is -2.30. The van der Waals surface area contributed by atoms with Crippen molar-refractivity contribution in [2.75, 3.05) is 39.6 Å². The number of phosphoric ester groups is 2. The number of hydrogen-bond acceptors (Lipinski definition) is 15. The Morgan fingerprint density at radius 3 is 0.790 bits per heavy atom. The molecule has 0 aliphatic carbocycles. The van der Waals surface area contributed by atoms with E-state index in [0.717, 1.165) is 96.3 Å². The molecule has 0 aromatic heterocycles. The van der Waals surface area contributed by atoms with Crippen LogP contribution < -0.4 is 0 Å². The molecule has 0 amide bonds. The molecule has 0 radical (unpaired) electrons. The van der Waals surface area contributed by atoms with E-state index in [1.807, 2.05) is 12.2 Å². The van der Waals surface area contributed by atoms with Gasteiger partial charge >= 0.3 is 39.5 Å². The van der Waals surface area contributed by atoms with Gasteiger partial charge in [0.05, 0.1) is 26.4 Å². The van der Waals surface area contributed by atoms with Crippen molar-refractivity contribution < 1.29 is 80.2 Å². The maximum Gasteiger partial charge on any atom is 0.472 e. The van der Waals surface area contributed by atoms with Crippen LogP contribution in [-0.4, -0.2) is 96.7 Å². The highest BCUT2D eigenvalue weighted by Gasteiger charge is 2.30. The van der Waals surface area contributed by atoms with Crippen molar-refractivity contribution in [3.05, 3.63) is 48.6 Å². The Labute approximate surface area is 610 Å². The van der Waals surface area contributed by atoms with Crippen LogP contribution in [0, 0.1) is 0 Å². The van der Waals surface area contributed by atoms with E-state index in [9.17, 15) is 43.2 Å².